The quantitative estimate of drug-likeness (QED) is 0.351. The average molecular weight is 530 g/mol. The zero-order valence-electron chi connectivity index (χ0n) is 21.4. The SMILES string of the molecule is C=CC(=O)N1CCCC(n2nc(-c3cccc(CNC(=O)c4ccc(F)cc4OC)c3)c3c(N)ncnc32)C1. The summed E-state index contributed by atoms with van der Waals surface area (Å²) in [4.78, 5) is 35.4. The number of carbonyl (C=O) groups excluding carboxylic acids is 2. The predicted molar refractivity (Wildman–Crippen MR) is 144 cm³/mol. The molecular weight excluding hydrogens is 501 g/mol. The number of hydrogen-bond acceptors (Lipinski definition) is 7. The lowest BCUT2D eigenvalue weighted by Gasteiger charge is -2.32. The van der Waals surface area contributed by atoms with Crippen LogP contribution in [0.3, 0.4) is 0 Å². The van der Waals surface area contributed by atoms with Crippen LogP contribution in [0.5, 0.6) is 5.75 Å². The van der Waals surface area contributed by atoms with Gasteiger partial charge in [-0.2, -0.15) is 5.10 Å². The summed E-state index contributed by atoms with van der Waals surface area (Å²) >= 11 is 0. The summed E-state index contributed by atoms with van der Waals surface area (Å²) < 4.78 is 20.5. The Labute approximate surface area is 224 Å². The molecule has 3 N–H and O–H groups in total. The van der Waals surface area contributed by atoms with Gasteiger partial charge in [-0.05, 0) is 42.7 Å². The number of nitrogens with two attached hydrogens (primary N) is 1. The molecule has 2 aromatic heterocycles. The van der Waals surface area contributed by atoms with Crippen LogP contribution < -0.4 is 15.8 Å². The van der Waals surface area contributed by atoms with Crippen molar-refractivity contribution in [3.63, 3.8) is 0 Å². The van der Waals surface area contributed by atoms with E-state index < -0.39 is 5.82 Å². The Kier molecular flexibility index (Phi) is 7.22. The lowest BCUT2D eigenvalue weighted by atomic mass is 10.1. The van der Waals surface area contributed by atoms with E-state index >= 15 is 0 Å². The molecule has 0 aliphatic carbocycles. The number of nitrogens with zero attached hydrogens (tertiary/aromatic N) is 5. The molecule has 1 aliphatic heterocycles. The van der Waals surface area contributed by atoms with Crippen LogP contribution in [0.1, 0.15) is 34.8 Å². The van der Waals surface area contributed by atoms with Crippen molar-refractivity contribution >= 4 is 28.7 Å². The largest absolute Gasteiger partial charge is 0.496 e. The predicted octanol–water partition coefficient (Wildman–Crippen LogP) is 3.50. The van der Waals surface area contributed by atoms with Crippen molar-refractivity contribution in [2.24, 2.45) is 0 Å². The number of hydrogen-bond donors (Lipinski definition) is 2. The number of aromatic nitrogens is 4. The molecule has 0 radical (unpaired) electrons. The highest BCUT2D eigenvalue weighted by Crippen LogP contribution is 2.34. The average Bonchev–Trinajstić information content (AvgIpc) is 3.36. The number of nitrogen functional groups attached to an aromatic ring is 1. The molecule has 0 saturated carbocycles. The van der Waals surface area contributed by atoms with Crippen molar-refractivity contribution in [2.45, 2.75) is 25.4 Å². The molecular formula is C28H28FN7O3. The fraction of sp³-hybridized carbons (Fsp3) is 0.250. The number of rotatable bonds is 7. The second-order valence-electron chi connectivity index (χ2n) is 9.26. The first kappa shape index (κ1) is 25.8. The van der Waals surface area contributed by atoms with Gasteiger partial charge in [-0.3, -0.25) is 9.59 Å². The smallest absolute Gasteiger partial charge is 0.255 e. The minimum absolute atomic E-state index is 0.0821. The number of methoxy groups -OCH3 is 1. The van der Waals surface area contributed by atoms with E-state index in [2.05, 4.69) is 21.9 Å². The first-order valence-corrected chi connectivity index (χ1v) is 12.5. The Balaban J connectivity index is 1.44. The standard InChI is InChI=1S/C28H28FN7O3/c1-3-23(37)35-11-5-8-20(15-35)36-27-24(26(30)32-16-33-27)25(34-36)18-7-4-6-17(12-18)14-31-28(38)21-10-9-19(29)13-22(21)39-2/h3-4,6-7,9-10,12-13,16,20H,1,5,8,11,14-15H2,2H3,(H,31,38)(H2,30,32,33). The molecule has 11 heteroatoms. The molecule has 2 aromatic carbocycles. The second-order valence-corrected chi connectivity index (χ2v) is 9.26. The van der Waals surface area contributed by atoms with Crippen LogP contribution in [0, 0.1) is 5.82 Å². The van der Waals surface area contributed by atoms with Gasteiger partial charge in [0.15, 0.2) is 5.65 Å². The maximum Gasteiger partial charge on any atom is 0.255 e. The minimum Gasteiger partial charge on any atom is -0.496 e. The third-order valence-corrected chi connectivity index (χ3v) is 6.81. The van der Waals surface area contributed by atoms with Crippen LogP contribution in [0.25, 0.3) is 22.3 Å². The Bertz CT molecular complexity index is 1570. The van der Waals surface area contributed by atoms with Gasteiger partial charge in [0, 0.05) is 31.3 Å². The molecule has 1 fully saturated rings. The number of amides is 2. The monoisotopic (exact) mass is 529 g/mol. The van der Waals surface area contributed by atoms with E-state index in [0.717, 1.165) is 24.0 Å². The number of anilines is 1. The molecule has 200 valence electrons. The summed E-state index contributed by atoms with van der Waals surface area (Å²) in [6.07, 6.45) is 4.39. The van der Waals surface area contributed by atoms with Gasteiger partial charge in [0.05, 0.1) is 24.1 Å². The Morgan fingerprint density at radius 3 is 2.90 bits per heavy atom. The lowest BCUT2D eigenvalue weighted by Crippen LogP contribution is -2.40. The van der Waals surface area contributed by atoms with Crippen LogP contribution in [0.15, 0.2) is 61.4 Å². The summed E-state index contributed by atoms with van der Waals surface area (Å²) in [5.74, 6) is -0.527. The van der Waals surface area contributed by atoms with Gasteiger partial charge in [-0.25, -0.2) is 19.0 Å². The molecule has 0 spiro atoms. The van der Waals surface area contributed by atoms with Crippen molar-refractivity contribution in [1.29, 1.82) is 0 Å². The lowest BCUT2D eigenvalue weighted by molar-refractivity contribution is -0.127. The molecule has 2 amide bonds. The Morgan fingerprint density at radius 2 is 2.10 bits per heavy atom. The van der Waals surface area contributed by atoms with Gasteiger partial charge in [-0.15, -0.1) is 0 Å². The zero-order valence-corrected chi connectivity index (χ0v) is 21.4. The molecule has 4 aromatic rings. The van der Waals surface area contributed by atoms with Crippen molar-refractivity contribution in [1.82, 2.24) is 30.0 Å². The molecule has 10 nitrogen and oxygen atoms in total. The van der Waals surface area contributed by atoms with Gasteiger partial charge < -0.3 is 20.7 Å². The van der Waals surface area contributed by atoms with E-state index in [0.29, 0.717) is 35.6 Å². The number of benzene rings is 2. The molecule has 5 rings (SSSR count). The van der Waals surface area contributed by atoms with Gasteiger partial charge in [0.1, 0.15) is 29.4 Å². The summed E-state index contributed by atoms with van der Waals surface area (Å²) in [6.45, 7) is 4.98. The van der Waals surface area contributed by atoms with E-state index in [1.54, 1.807) is 4.90 Å². The highest BCUT2D eigenvalue weighted by atomic mass is 19.1. The third-order valence-electron chi connectivity index (χ3n) is 6.81. The van der Waals surface area contributed by atoms with E-state index in [4.69, 9.17) is 15.6 Å². The Morgan fingerprint density at radius 1 is 1.26 bits per heavy atom. The molecule has 1 aliphatic rings. The van der Waals surface area contributed by atoms with Crippen LogP contribution in [0.2, 0.25) is 0 Å². The van der Waals surface area contributed by atoms with Gasteiger partial charge in [-0.1, -0.05) is 24.8 Å². The van der Waals surface area contributed by atoms with E-state index in [1.165, 1.54) is 37.7 Å². The van der Waals surface area contributed by atoms with E-state index in [9.17, 15) is 14.0 Å². The number of nitrogens with one attached hydrogen (secondary N) is 1. The van der Waals surface area contributed by atoms with Crippen molar-refractivity contribution in [2.75, 3.05) is 25.9 Å². The molecule has 1 saturated heterocycles. The molecule has 1 atom stereocenters. The van der Waals surface area contributed by atoms with Crippen molar-refractivity contribution < 1.29 is 18.7 Å². The van der Waals surface area contributed by atoms with Gasteiger partial charge in [0.25, 0.3) is 5.91 Å². The molecule has 0 bridgehead atoms. The van der Waals surface area contributed by atoms with Crippen molar-refractivity contribution in [3.05, 3.63) is 78.4 Å². The fourth-order valence-electron chi connectivity index (χ4n) is 4.89. The number of carbonyl (C=O) groups is 2. The highest BCUT2D eigenvalue weighted by molar-refractivity contribution is 5.99. The summed E-state index contributed by atoms with van der Waals surface area (Å²) in [5.41, 5.74) is 9.34. The molecule has 3 heterocycles. The normalized spacial score (nSPS) is 15.2. The van der Waals surface area contributed by atoms with E-state index in [-0.39, 0.29) is 35.7 Å². The van der Waals surface area contributed by atoms with E-state index in [1.807, 2.05) is 28.9 Å². The Hall–Kier alpha value is -4.80. The number of fused-ring (bicyclic) bond motifs is 1. The minimum atomic E-state index is -0.487. The topological polar surface area (TPSA) is 128 Å². The zero-order chi connectivity index (χ0) is 27.5. The summed E-state index contributed by atoms with van der Waals surface area (Å²) in [5, 5.41) is 8.39. The van der Waals surface area contributed by atoms with Crippen LogP contribution in [-0.4, -0.2) is 56.7 Å². The summed E-state index contributed by atoms with van der Waals surface area (Å²) in [6, 6.07) is 11.2. The third kappa shape index (κ3) is 5.15. The maximum absolute atomic E-state index is 13.5. The number of likely N-dealkylation sites (tertiary alicyclic amines) is 1. The highest BCUT2D eigenvalue weighted by Gasteiger charge is 2.28. The first-order valence-electron chi connectivity index (χ1n) is 12.5. The van der Waals surface area contributed by atoms with Gasteiger partial charge in [0.2, 0.25) is 5.91 Å². The number of halogens is 1. The molecule has 1 unspecified atom stereocenters. The molecule has 39 heavy (non-hydrogen) atoms. The second kappa shape index (κ2) is 10.9. The number of ether oxygens (including phenoxy) is 1. The maximum atomic E-state index is 13.5. The van der Waals surface area contributed by atoms with Gasteiger partial charge >= 0.3 is 0 Å². The van der Waals surface area contributed by atoms with Crippen LogP contribution in [-0.2, 0) is 11.3 Å². The fourth-order valence-corrected chi connectivity index (χ4v) is 4.89. The summed E-state index contributed by atoms with van der Waals surface area (Å²) in [7, 11) is 1.38. The first-order chi connectivity index (χ1) is 18.9. The van der Waals surface area contributed by atoms with Crippen LogP contribution in [0.4, 0.5) is 10.2 Å². The number of piperidine rings is 1. The van der Waals surface area contributed by atoms with Crippen molar-refractivity contribution in [3.8, 4) is 17.0 Å². The van der Waals surface area contributed by atoms with Crippen LogP contribution >= 0.6 is 0 Å².